The van der Waals surface area contributed by atoms with Crippen molar-refractivity contribution >= 4 is 0 Å². The zero-order chi connectivity index (χ0) is 9.97. The summed E-state index contributed by atoms with van der Waals surface area (Å²) < 4.78 is 18.9. The summed E-state index contributed by atoms with van der Waals surface area (Å²) in [4.78, 5) is 4.06. The molecule has 0 aliphatic carbocycles. The van der Waals surface area contributed by atoms with E-state index in [9.17, 15) is 4.39 Å². The fraction of sp³-hybridized carbons (Fsp3) is 0.500. The number of ether oxygens (including phenoxy) is 1. The average molecular weight is 196 g/mol. The molecule has 4 heteroatoms. The number of aryl methyl sites for hydroxylation is 1. The second-order valence-corrected chi connectivity index (χ2v) is 3.44. The Labute approximate surface area is 82.3 Å². The van der Waals surface area contributed by atoms with Crippen LogP contribution in [0, 0.1) is 12.7 Å². The molecule has 0 spiro atoms. The quantitative estimate of drug-likeness (QED) is 0.732. The number of halogens is 1. The molecule has 0 bridgehead atoms. The van der Waals surface area contributed by atoms with Gasteiger partial charge in [0.1, 0.15) is 17.6 Å². The first-order valence-corrected chi connectivity index (χ1v) is 4.72. The Morgan fingerprint density at radius 2 is 2.50 bits per heavy atom. The number of hydrogen-bond acceptors (Lipinski definition) is 3. The Kier molecular flexibility index (Phi) is 2.74. The summed E-state index contributed by atoms with van der Waals surface area (Å²) in [6.07, 6.45) is 1.42. The van der Waals surface area contributed by atoms with Crippen LogP contribution in [0.5, 0.6) is 0 Å². The molecule has 1 saturated heterocycles. The van der Waals surface area contributed by atoms with E-state index in [0.717, 1.165) is 12.1 Å². The number of pyridine rings is 1. The van der Waals surface area contributed by atoms with Gasteiger partial charge in [0.05, 0.1) is 6.61 Å². The molecule has 1 aliphatic heterocycles. The maximum atomic E-state index is 13.5. The van der Waals surface area contributed by atoms with Crippen LogP contribution in [0.2, 0.25) is 0 Å². The first-order valence-electron chi connectivity index (χ1n) is 4.72. The number of aromatic nitrogens is 1. The minimum Gasteiger partial charge on any atom is -0.369 e. The summed E-state index contributed by atoms with van der Waals surface area (Å²) in [6, 6.07) is 1.49. The van der Waals surface area contributed by atoms with Crippen molar-refractivity contribution in [2.24, 2.45) is 0 Å². The molecule has 1 N–H and O–H groups in total. The molecule has 0 aromatic carbocycles. The molecule has 0 saturated carbocycles. The van der Waals surface area contributed by atoms with E-state index in [0.29, 0.717) is 18.8 Å². The Balaban J connectivity index is 2.22. The first kappa shape index (κ1) is 9.55. The molecule has 1 aromatic rings. The van der Waals surface area contributed by atoms with E-state index in [1.807, 2.05) is 6.92 Å². The highest BCUT2D eigenvalue weighted by molar-refractivity contribution is 5.17. The van der Waals surface area contributed by atoms with Gasteiger partial charge in [0.25, 0.3) is 0 Å². The summed E-state index contributed by atoms with van der Waals surface area (Å²) in [5.74, 6) is -0.279. The SMILES string of the molecule is Cc1cnc([C@H]2CNCCO2)c(F)c1. The summed E-state index contributed by atoms with van der Waals surface area (Å²) >= 11 is 0. The predicted octanol–water partition coefficient (Wildman–Crippen LogP) is 1.19. The molecule has 0 unspecified atom stereocenters. The van der Waals surface area contributed by atoms with E-state index in [2.05, 4.69) is 10.3 Å². The molecular formula is C10H13FN2O. The number of rotatable bonds is 1. The van der Waals surface area contributed by atoms with Crippen molar-refractivity contribution in [3.63, 3.8) is 0 Å². The normalized spacial score (nSPS) is 22.3. The van der Waals surface area contributed by atoms with Crippen LogP contribution in [-0.2, 0) is 4.74 Å². The molecule has 1 aliphatic rings. The van der Waals surface area contributed by atoms with E-state index in [4.69, 9.17) is 4.74 Å². The second-order valence-electron chi connectivity index (χ2n) is 3.44. The van der Waals surface area contributed by atoms with Crippen molar-refractivity contribution in [1.29, 1.82) is 0 Å². The van der Waals surface area contributed by atoms with E-state index in [1.54, 1.807) is 6.20 Å². The highest BCUT2D eigenvalue weighted by atomic mass is 19.1. The van der Waals surface area contributed by atoms with Crippen LogP contribution in [-0.4, -0.2) is 24.7 Å². The molecule has 76 valence electrons. The Morgan fingerprint density at radius 3 is 3.14 bits per heavy atom. The third kappa shape index (κ3) is 1.91. The van der Waals surface area contributed by atoms with Crippen molar-refractivity contribution in [2.75, 3.05) is 19.7 Å². The van der Waals surface area contributed by atoms with E-state index >= 15 is 0 Å². The standard InChI is InChI=1S/C10H13FN2O/c1-7-4-8(11)10(13-5-7)9-6-12-2-3-14-9/h4-5,9,12H,2-3,6H2,1H3/t9-/m1/s1. The summed E-state index contributed by atoms with van der Waals surface area (Å²) in [5, 5.41) is 3.14. The van der Waals surface area contributed by atoms with Crippen molar-refractivity contribution in [3.8, 4) is 0 Å². The third-order valence-corrected chi connectivity index (χ3v) is 2.24. The van der Waals surface area contributed by atoms with Crippen molar-refractivity contribution in [2.45, 2.75) is 13.0 Å². The number of morpholine rings is 1. The summed E-state index contributed by atoms with van der Waals surface area (Å²) in [5.41, 5.74) is 1.23. The maximum absolute atomic E-state index is 13.5. The van der Waals surface area contributed by atoms with Crippen LogP contribution >= 0.6 is 0 Å². The molecule has 1 fully saturated rings. The van der Waals surface area contributed by atoms with Gasteiger partial charge in [-0.15, -0.1) is 0 Å². The molecule has 2 rings (SSSR count). The lowest BCUT2D eigenvalue weighted by Gasteiger charge is -2.23. The van der Waals surface area contributed by atoms with Crippen LogP contribution in [0.15, 0.2) is 12.3 Å². The molecule has 0 amide bonds. The number of nitrogens with zero attached hydrogens (tertiary/aromatic N) is 1. The van der Waals surface area contributed by atoms with Gasteiger partial charge in [0.2, 0.25) is 0 Å². The summed E-state index contributed by atoms with van der Waals surface area (Å²) in [6.45, 7) is 3.89. The smallest absolute Gasteiger partial charge is 0.147 e. The zero-order valence-corrected chi connectivity index (χ0v) is 8.09. The highest BCUT2D eigenvalue weighted by Crippen LogP contribution is 2.19. The topological polar surface area (TPSA) is 34.2 Å². The Bertz CT molecular complexity index is 324. The third-order valence-electron chi connectivity index (χ3n) is 2.24. The van der Waals surface area contributed by atoms with Gasteiger partial charge < -0.3 is 10.1 Å². The van der Waals surface area contributed by atoms with Gasteiger partial charge in [-0.05, 0) is 18.6 Å². The molecule has 1 aromatic heterocycles. The lowest BCUT2D eigenvalue weighted by Crippen LogP contribution is -2.34. The minimum atomic E-state index is -0.279. The van der Waals surface area contributed by atoms with Gasteiger partial charge >= 0.3 is 0 Å². The van der Waals surface area contributed by atoms with Crippen LogP contribution in [0.3, 0.4) is 0 Å². The molecule has 2 heterocycles. The van der Waals surface area contributed by atoms with Gasteiger partial charge in [0.15, 0.2) is 0 Å². The second kappa shape index (κ2) is 4.02. The Morgan fingerprint density at radius 1 is 1.64 bits per heavy atom. The van der Waals surface area contributed by atoms with Gasteiger partial charge in [-0.25, -0.2) is 4.39 Å². The van der Waals surface area contributed by atoms with Crippen LogP contribution < -0.4 is 5.32 Å². The average Bonchev–Trinajstić information content (AvgIpc) is 2.19. The predicted molar refractivity (Wildman–Crippen MR) is 50.5 cm³/mol. The van der Waals surface area contributed by atoms with Crippen LogP contribution in [0.1, 0.15) is 17.4 Å². The van der Waals surface area contributed by atoms with Crippen molar-refractivity contribution in [3.05, 3.63) is 29.3 Å². The van der Waals surface area contributed by atoms with E-state index in [1.165, 1.54) is 6.07 Å². The van der Waals surface area contributed by atoms with Gasteiger partial charge in [-0.3, -0.25) is 4.98 Å². The highest BCUT2D eigenvalue weighted by Gasteiger charge is 2.20. The van der Waals surface area contributed by atoms with Gasteiger partial charge in [0, 0.05) is 19.3 Å². The molecular weight excluding hydrogens is 183 g/mol. The molecule has 0 radical (unpaired) electrons. The number of hydrogen-bond donors (Lipinski definition) is 1. The molecule has 14 heavy (non-hydrogen) atoms. The monoisotopic (exact) mass is 196 g/mol. The van der Waals surface area contributed by atoms with E-state index in [-0.39, 0.29) is 11.9 Å². The van der Waals surface area contributed by atoms with E-state index < -0.39 is 0 Å². The largest absolute Gasteiger partial charge is 0.369 e. The number of nitrogens with one attached hydrogen (secondary N) is 1. The van der Waals surface area contributed by atoms with Gasteiger partial charge in [-0.2, -0.15) is 0 Å². The van der Waals surface area contributed by atoms with Crippen molar-refractivity contribution < 1.29 is 9.13 Å². The lowest BCUT2D eigenvalue weighted by atomic mass is 10.1. The van der Waals surface area contributed by atoms with Crippen LogP contribution in [0.4, 0.5) is 4.39 Å². The minimum absolute atomic E-state index is 0.246. The first-order chi connectivity index (χ1) is 6.77. The Hall–Kier alpha value is -1.00. The fourth-order valence-electron chi connectivity index (χ4n) is 1.52. The lowest BCUT2D eigenvalue weighted by molar-refractivity contribution is 0.0226. The maximum Gasteiger partial charge on any atom is 0.147 e. The summed E-state index contributed by atoms with van der Waals surface area (Å²) in [7, 11) is 0. The molecule has 1 atom stereocenters. The van der Waals surface area contributed by atoms with Crippen molar-refractivity contribution in [1.82, 2.24) is 10.3 Å². The van der Waals surface area contributed by atoms with Gasteiger partial charge in [-0.1, -0.05) is 0 Å². The molecule has 3 nitrogen and oxygen atoms in total. The zero-order valence-electron chi connectivity index (χ0n) is 8.09. The fourth-order valence-corrected chi connectivity index (χ4v) is 1.52. The van der Waals surface area contributed by atoms with Crippen LogP contribution in [0.25, 0.3) is 0 Å².